The Morgan fingerprint density at radius 2 is 1.63 bits per heavy atom. The fourth-order valence-electron chi connectivity index (χ4n) is 3.16. The van der Waals surface area contributed by atoms with Gasteiger partial charge in [0.25, 0.3) is 0 Å². The molecule has 2 bridgehead atoms. The quantitative estimate of drug-likeness (QED) is 0.860. The maximum Gasteiger partial charge on any atom is 0.0833 e. The minimum atomic E-state index is 0.243. The second-order valence-corrected chi connectivity index (χ2v) is 5.54. The van der Waals surface area contributed by atoms with Gasteiger partial charge in [0, 0.05) is 39.3 Å². The Bertz CT molecular complexity index is 384. The summed E-state index contributed by atoms with van der Waals surface area (Å²) in [6.45, 7) is 5.91. The minimum Gasteiger partial charge on any atom is -0.395 e. The molecule has 2 aliphatic rings. The predicted molar refractivity (Wildman–Crippen MR) is 73.9 cm³/mol. The number of benzene rings is 1. The SMILES string of the molecule is OCCN1CC2CN(Cc3ccccc3)CC(C1)O2. The summed E-state index contributed by atoms with van der Waals surface area (Å²) in [7, 11) is 0. The topological polar surface area (TPSA) is 35.9 Å². The van der Waals surface area contributed by atoms with Gasteiger partial charge in [0.1, 0.15) is 0 Å². The van der Waals surface area contributed by atoms with Crippen LogP contribution in [-0.2, 0) is 11.3 Å². The van der Waals surface area contributed by atoms with Crippen LogP contribution in [0.5, 0.6) is 0 Å². The van der Waals surface area contributed by atoms with Crippen molar-refractivity contribution in [3.63, 3.8) is 0 Å². The van der Waals surface area contributed by atoms with Crippen molar-refractivity contribution in [2.24, 2.45) is 0 Å². The lowest BCUT2D eigenvalue weighted by Gasteiger charge is -2.45. The summed E-state index contributed by atoms with van der Waals surface area (Å²) in [5.41, 5.74) is 1.37. The van der Waals surface area contributed by atoms with Crippen LogP contribution in [0.25, 0.3) is 0 Å². The molecule has 0 radical (unpaired) electrons. The molecule has 2 fully saturated rings. The summed E-state index contributed by atoms with van der Waals surface area (Å²) >= 11 is 0. The van der Waals surface area contributed by atoms with Crippen molar-refractivity contribution >= 4 is 0 Å². The van der Waals surface area contributed by atoms with E-state index in [0.29, 0.717) is 12.2 Å². The summed E-state index contributed by atoms with van der Waals surface area (Å²) in [5.74, 6) is 0. The number of aliphatic hydroxyl groups excluding tert-OH is 1. The minimum absolute atomic E-state index is 0.243. The van der Waals surface area contributed by atoms with Gasteiger partial charge >= 0.3 is 0 Å². The van der Waals surface area contributed by atoms with Gasteiger partial charge in [0.2, 0.25) is 0 Å². The standard InChI is InChI=1S/C15H22N2O2/c18-7-6-16-9-14-11-17(12-15(10-16)19-14)8-13-4-2-1-3-5-13/h1-5,14-15,18H,6-12H2. The van der Waals surface area contributed by atoms with E-state index < -0.39 is 0 Å². The molecule has 2 unspecified atom stereocenters. The largest absolute Gasteiger partial charge is 0.395 e. The van der Waals surface area contributed by atoms with Gasteiger partial charge in [-0.3, -0.25) is 9.80 Å². The van der Waals surface area contributed by atoms with Crippen molar-refractivity contribution in [1.82, 2.24) is 9.80 Å². The molecule has 4 heteroatoms. The van der Waals surface area contributed by atoms with Gasteiger partial charge in [-0.2, -0.15) is 0 Å². The lowest BCUT2D eigenvalue weighted by Crippen LogP contribution is -2.59. The summed E-state index contributed by atoms with van der Waals surface area (Å²) in [4.78, 5) is 4.81. The zero-order valence-corrected chi connectivity index (χ0v) is 11.2. The zero-order chi connectivity index (χ0) is 13.1. The average molecular weight is 262 g/mol. The first kappa shape index (κ1) is 13.1. The Labute approximate surface area is 114 Å². The molecule has 2 saturated heterocycles. The fraction of sp³-hybridized carbons (Fsp3) is 0.600. The van der Waals surface area contributed by atoms with E-state index in [2.05, 4.69) is 40.1 Å². The Balaban J connectivity index is 1.57. The molecular formula is C15H22N2O2. The molecule has 1 aromatic rings. The third-order valence-electron chi connectivity index (χ3n) is 3.90. The summed E-state index contributed by atoms with van der Waals surface area (Å²) < 4.78 is 6.00. The summed E-state index contributed by atoms with van der Waals surface area (Å²) in [6.07, 6.45) is 0.588. The van der Waals surface area contributed by atoms with Gasteiger partial charge in [-0.1, -0.05) is 30.3 Å². The number of fused-ring (bicyclic) bond motifs is 2. The highest BCUT2D eigenvalue weighted by Crippen LogP contribution is 2.20. The van der Waals surface area contributed by atoms with E-state index >= 15 is 0 Å². The number of ether oxygens (including phenoxy) is 1. The first-order valence-corrected chi connectivity index (χ1v) is 7.08. The molecule has 0 aromatic heterocycles. The Morgan fingerprint density at radius 1 is 1.00 bits per heavy atom. The van der Waals surface area contributed by atoms with Crippen molar-refractivity contribution < 1.29 is 9.84 Å². The Hall–Kier alpha value is -0.940. The first-order valence-electron chi connectivity index (χ1n) is 7.08. The third kappa shape index (κ3) is 3.34. The maximum absolute atomic E-state index is 9.04. The van der Waals surface area contributed by atoms with Crippen molar-refractivity contribution in [3.05, 3.63) is 35.9 Å². The highest BCUT2D eigenvalue weighted by atomic mass is 16.5. The molecule has 2 heterocycles. The lowest BCUT2D eigenvalue weighted by atomic mass is 10.1. The van der Waals surface area contributed by atoms with E-state index in [1.165, 1.54) is 5.56 Å². The Morgan fingerprint density at radius 3 is 2.26 bits per heavy atom. The molecule has 2 atom stereocenters. The van der Waals surface area contributed by atoms with Gasteiger partial charge in [0.05, 0.1) is 18.8 Å². The molecule has 0 saturated carbocycles. The highest BCUT2D eigenvalue weighted by Gasteiger charge is 2.34. The molecule has 0 amide bonds. The summed E-state index contributed by atoms with van der Waals surface area (Å²) in [5, 5.41) is 9.04. The van der Waals surface area contributed by atoms with Crippen LogP contribution in [0.4, 0.5) is 0 Å². The molecular weight excluding hydrogens is 240 g/mol. The van der Waals surface area contributed by atoms with E-state index in [-0.39, 0.29) is 6.61 Å². The molecule has 104 valence electrons. The monoisotopic (exact) mass is 262 g/mol. The number of β-amino-alcohol motifs (C(OH)–C–C–N with tert-alkyl or cyclic N) is 1. The molecule has 1 N–H and O–H groups in total. The normalized spacial score (nSPS) is 28.5. The van der Waals surface area contributed by atoms with E-state index in [1.807, 2.05) is 0 Å². The van der Waals surface area contributed by atoms with Crippen LogP contribution < -0.4 is 0 Å². The van der Waals surface area contributed by atoms with Gasteiger partial charge < -0.3 is 9.84 Å². The molecule has 4 nitrogen and oxygen atoms in total. The summed E-state index contributed by atoms with van der Waals surface area (Å²) in [6, 6.07) is 10.6. The number of nitrogens with zero attached hydrogens (tertiary/aromatic N) is 2. The van der Waals surface area contributed by atoms with Crippen LogP contribution in [-0.4, -0.2) is 66.4 Å². The van der Waals surface area contributed by atoms with Gasteiger partial charge in [0.15, 0.2) is 0 Å². The average Bonchev–Trinajstić information content (AvgIpc) is 2.39. The fourth-order valence-corrected chi connectivity index (χ4v) is 3.16. The number of hydrogen-bond donors (Lipinski definition) is 1. The van der Waals surface area contributed by atoms with Crippen molar-refractivity contribution in [1.29, 1.82) is 0 Å². The van der Waals surface area contributed by atoms with E-state index in [0.717, 1.165) is 39.3 Å². The van der Waals surface area contributed by atoms with E-state index in [9.17, 15) is 0 Å². The first-order chi connectivity index (χ1) is 9.33. The van der Waals surface area contributed by atoms with Crippen molar-refractivity contribution in [2.75, 3.05) is 39.3 Å². The van der Waals surface area contributed by atoms with Crippen LogP contribution in [0.1, 0.15) is 5.56 Å². The molecule has 0 aliphatic carbocycles. The van der Waals surface area contributed by atoms with E-state index in [4.69, 9.17) is 9.84 Å². The van der Waals surface area contributed by atoms with Gasteiger partial charge in [-0.25, -0.2) is 0 Å². The molecule has 2 aliphatic heterocycles. The van der Waals surface area contributed by atoms with Gasteiger partial charge in [-0.15, -0.1) is 0 Å². The van der Waals surface area contributed by atoms with Crippen LogP contribution in [0.15, 0.2) is 30.3 Å². The van der Waals surface area contributed by atoms with Crippen molar-refractivity contribution in [3.8, 4) is 0 Å². The Kier molecular flexibility index (Phi) is 4.13. The smallest absolute Gasteiger partial charge is 0.0833 e. The lowest BCUT2D eigenvalue weighted by molar-refractivity contribution is -0.141. The number of rotatable bonds is 4. The number of aliphatic hydroxyl groups is 1. The van der Waals surface area contributed by atoms with Crippen LogP contribution in [0.3, 0.4) is 0 Å². The molecule has 19 heavy (non-hydrogen) atoms. The number of hydrogen-bond acceptors (Lipinski definition) is 4. The second-order valence-electron chi connectivity index (χ2n) is 5.54. The maximum atomic E-state index is 9.04. The molecule has 0 spiro atoms. The van der Waals surface area contributed by atoms with E-state index in [1.54, 1.807) is 0 Å². The number of morpholine rings is 2. The van der Waals surface area contributed by atoms with Crippen LogP contribution >= 0.6 is 0 Å². The second kappa shape index (κ2) is 6.01. The zero-order valence-electron chi connectivity index (χ0n) is 11.2. The van der Waals surface area contributed by atoms with Gasteiger partial charge in [-0.05, 0) is 5.56 Å². The van der Waals surface area contributed by atoms with Crippen LogP contribution in [0, 0.1) is 0 Å². The molecule has 3 rings (SSSR count). The van der Waals surface area contributed by atoms with Crippen LogP contribution in [0.2, 0.25) is 0 Å². The highest BCUT2D eigenvalue weighted by molar-refractivity contribution is 5.14. The van der Waals surface area contributed by atoms with Crippen molar-refractivity contribution in [2.45, 2.75) is 18.8 Å². The third-order valence-corrected chi connectivity index (χ3v) is 3.90. The molecule has 1 aromatic carbocycles. The predicted octanol–water partition coefficient (Wildman–Crippen LogP) is 0.564.